The van der Waals surface area contributed by atoms with E-state index in [1.54, 1.807) is 18.2 Å². The second kappa shape index (κ2) is 10.1. The number of benzene rings is 2. The van der Waals surface area contributed by atoms with Crippen molar-refractivity contribution in [1.82, 2.24) is 10.2 Å². The molecule has 2 heterocycles. The lowest BCUT2D eigenvalue weighted by atomic mass is 10.1. The van der Waals surface area contributed by atoms with E-state index in [2.05, 4.69) is 20.4 Å². The van der Waals surface area contributed by atoms with Crippen molar-refractivity contribution in [3.8, 4) is 22.8 Å². The minimum absolute atomic E-state index is 0.0745. The van der Waals surface area contributed by atoms with Crippen molar-refractivity contribution in [3.05, 3.63) is 60.2 Å². The van der Waals surface area contributed by atoms with Gasteiger partial charge in [0.15, 0.2) is 29.7 Å². The Morgan fingerprint density at radius 2 is 1.73 bits per heavy atom. The van der Waals surface area contributed by atoms with Gasteiger partial charge in [-0.05, 0) is 62.2 Å². The first kappa shape index (κ1) is 22.3. The molecular weight excluding hydrogens is 420 g/mol. The summed E-state index contributed by atoms with van der Waals surface area (Å²) in [6.07, 6.45) is 2.39. The third-order valence-corrected chi connectivity index (χ3v) is 5.47. The lowest BCUT2D eigenvalue weighted by Crippen LogP contribution is -2.20. The summed E-state index contributed by atoms with van der Waals surface area (Å²) >= 11 is 0. The highest BCUT2D eigenvalue weighted by Gasteiger charge is 2.14. The molecule has 170 valence electrons. The van der Waals surface area contributed by atoms with Crippen LogP contribution in [0.4, 0.5) is 11.5 Å². The monoisotopic (exact) mass is 446 g/mol. The number of amides is 1. The first-order valence-electron chi connectivity index (χ1n) is 10.8. The summed E-state index contributed by atoms with van der Waals surface area (Å²) < 4.78 is 10.8. The van der Waals surface area contributed by atoms with Gasteiger partial charge in [0.2, 0.25) is 0 Å². The molecule has 0 bridgehead atoms. The van der Waals surface area contributed by atoms with Crippen LogP contribution in [0.1, 0.15) is 30.1 Å². The number of anilines is 2. The van der Waals surface area contributed by atoms with Crippen LogP contribution in [0, 0.1) is 0 Å². The number of carbonyl (C=O) groups excluding carboxylic acids is 2. The van der Waals surface area contributed by atoms with Gasteiger partial charge in [-0.3, -0.25) is 9.59 Å². The minimum atomic E-state index is -0.310. The fraction of sp³-hybridized carbons (Fsp3) is 0.280. The highest BCUT2D eigenvalue weighted by molar-refractivity contribution is 5.95. The Hall–Kier alpha value is -3.94. The molecule has 1 fully saturated rings. The van der Waals surface area contributed by atoms with Gasteiger partial charge >= 0.3 is 0 Å². The Balaban J connectivity index is 1.33. The van der Waals surface area contributed by atoms with Gasteiger partial charge in [-0.2, -0.15) is 0 Å². The zero-order valence-electron chi connectivity index (χ0n) is 18.7. The van der Waals surface area contributed by atoms with E-state index in [1.807, 2.05) is 36.4 Å². The highest BCUT2D eigenvalue weighted by Crippen LogP contribution is 2.28. The maximum atomic E-state index is 12.3. The van der Waals surface area contributed by atoms with Crippen LogP contribution < -0.4 is 19.7 Å². The van der Waals surface area contributed by atoms with Gasteiger partial charge < -0.3 is 19.7 Å². The molecule has 1 saturated heterocycles. The highest BCUT2D eigenvalue weighted by atomic mass is 16.5. The molecule has 8 heteroatoms. The van der Waals surface area contributed by atoms with Crippen molar-refractivity contribution >= 4 is 23.2 Å². The molecule has 0 saturated carbocycles. The van der Waals surface area contributed by atoms with Crippen LogP contribution in [-0.2, 0) is 4.79 Å². The first-order chi connectivity index (χ1) is 16.0. The zero-order chi connectivity index (χ0) is 23.2. The molecule has 1 aromatic heterocycles. The van der Waals surface area contributed by atoms with Crippen molar-refractivity contribution in [2.45, 2.75) is 19.8 Å². The van der Waals surface area contributed by atoms with Crippen LogP contribution in [0.5, 0.6) is 11.5 Å². The third kappa shape index (κ3) is 5.46. The van der Waals surface area contributed by atoms with E-state index < -0.39 is 0 Å². The largest absolute Gasteiger partial charge is 0.493 e. The minimum Gasteiger partial charge on any atom is -0.493 e. The summed E-state index contributed by atoms with van der Waals surface area (Å²) in [5.74, 6) is 1.32. The number of nitrogens with zero attached hydrogens (tertiary/aromatic N) is 3. The molecule has 1 amide bonds. The second-order valence-electron chi connectivity index (χ2n) is 7.81. The molecule has 3 aromatic rings. The van der Waals surface area contributed by atoms with Crippen molar-refractivity contribution in [1.29, 1.82) is 0 Å². The smallest absolute Gasteiger partial charge is 0.262 e. The lowest BCUT2D eigenvalue weighted by Gasteiger charge is -2.15. The van der Waals surface area contributed by atoms with Gasteiger partial charge in [0.25, 0.3) is 5.91 Å². The number of hydrogen-bond donors (Lipinski definition) is 1. The molecule has 0 unspecified atom stereocenters. The van der Waals surface area contributed by atoms with E-state index in [9.17, 15) is 9.59 Å². The van der Waals surface area contributed by atoms with E-state index in [1.165, 1.54) is 26.9 Å². The fourth-order valence-corrected chi connectivity index (χ4v) is 3.66. The first-order valence-corrected chi connectivity index (χ1v) is 10.8. The average Bonchev–Trinajstić information content (AvgIpc) is 3.38. The number of Topliss-reactive ketones (excluding diaryl/α,β-unsaturated/α-hetero) is 1. The molecule has 0 spiro atoms. The molecule has 33 heavy (non-hydrogen) atoms. The fourth-order valence-electron chi connectivity index (χ4n) is 3.66. The number of methoxy groups -OCH3 is 1. The topological polar surface area (TPSA) is 93.6 Å². The molecule has 4 rings (SSSR count). The van der Waals surface area contributed by atoms with Crippen LogP contribution in [0.2, 0.25) is 0 Å². The number of carbonyl (C=O) groups is 2. The lowest BCUT2D eigenvalue weighted by molar-refractivity contribution is -0.118. The van der Waals surface area contributed by atoms with E-state index >= 15 is 0 Å². The van der Waals surface area contributed by atoms with E-state index in [0.717, 1.165) is 30.2 Å². The van der Waals surface area contributed by atoms with Gasteiger partial charge in [-0.1, -0.05) is 12.1 Å². The summed E-state index contributed by atoms with van der Waals surface area (Å²) in [5.41, 5.74) is 2.85. The van der Waals surface area contributed by atoms with Gasteiger partial charge in [0, 0.05) is 29.9 Å². The summed E-state index contributed by atoms with van der Waals surface area (Å²) in [6, 6.07) is 16.2. The quantitative estimate of drug-likeness (QED) is 0.523. The molecule has 2 aromatic carbocycles. The van der Waals surface area contributed by atoms with Gasteiger partial charge in [-0.15, -0.1) is 10.2 Å². The molecule has 0 atom stereocenters. The summed E-state index contributed by atoms with van der Waals surface area (Å²) in [6.45, 7) is 3.34. The Bertz CT molecular complexity index is 1120. The zero-order valence-corrected chi connectivity index (χ0v) is 18.7. The molecule has 1 aliphatic heterocycles. The number of ether oxygens (including phenoxy) is 2. The van der Waals surface area contributed by atoms with E-state index in [0.29, 0.717) is 22.7 Å². The molecule has 0 aliphatic carbocycles. The van der Waals surface area contributed by atoms with Crippen molar-refractivity contribution < 1.29 is 19.1 Å². The second-order valence-corrected chi connectivity index (χ2v) is 7.81. The van der Waals surface area contributed by atoms with Gasteiger partial charge in [0.1, 0.15) is 0 Å². The molecule has 8 nitrogen and oxygen atoms in total. The predicted molar refractivity (Wildman–Crippen MR) is 126 cm³/mol. The molecular formula is C25H26N4O4. The van der Waals surface area contributed by atoms with Crippen LogP contribution in [0.25, 0.3) is 11.3 Å². The maximum absolute atomic E-state index is 12.3. The average molecular weight is 447 g/mol. The van der Waals surface area contributed by atoms with Crippen LogP contribution in [0.3, 0.4) is 0 Å². The Morgan fingerprint density at radius 1 is 0.970 bits per heavy atom. The van der Waals surface area contributed by atoms with Gasteiger partial charge in [-0.25, -0.2) is 0 Å². The molecule has 0 radical (unpaired) electrons. The molecule has 1 aliphatic rings. The normalized spacial score (nSPS) is 13.0. The van der Waals surface area contributed by atoms with Crippen molar-refractivity contribution in [3.63, 3.8) is 0 Å². The summed E-state index contributed by atoms with van der Waals surface area (Å²) in [7, 11) is 1.48. The van der Waals surface area contributed by atoms with Gasteiger partial charge in [0.05, 0.1) is 12.8 Å². The number of ketones is 1. The number of nitrogens with one attached hydrogen (secondary N) is 1. The summed E-state index contributed by atoms with van der Waals surface area (Å²) in [5, 5.41) is 11.5. The van der Waals surface area contributed by atoms with Crippen molar-refractivity contribution in [2.75, 3.05) is 37.0 Å². The maximum Gasteiger partial charge on any atom is 0.262 e. The Kier molecular flexibility index (Phi) is 6.83. The van der Waals surface area contributed by atoms with Crippen LogP contribution in [-0.4, -0.2) is 48.7 Å². The number of rotatable bonds is 8. The Labute approximate surface area is 192 Å². The third-order valence-electron chi connectivity index (χ3n) is 5.47. The standard InChI is InChI=1S/C25H26N4O4/c1-17(30)19-7-11-22(23(15-19)32-2)33-16-25(31)26-20-8-5-18(6-9-20)21-10-12-24(28-27-21)29-13-3-4-14-29/h5-12,15H,3-4,13-14,16H2,1-2H3,(H,26,31). The summed E-state index contributed by atoms with van der Waals surface area (Å²) in [4.78, 5) is 26.1. The van der Waals surface area contributed by atoms with E-state index in [-0.39, 0.29) is 18.3 Å². The SMILES string of the molecule is COc1cc(C(C)=O)ccc1OCC(=O)Nc1ccc(-c2ccc(N3CCCC3)nn2)cc1. The predicted octanol–water partition coefficient (Wildman–Crippen LogP) is 3.97. The van der Waals surface area contributed by atoms with Crippen molar-refractivity contribution in [2.24, 2.45) is 0 Å². The van der Waals surface area contributed by atoms with Crippen LogP contribution >= 0.6 is 0 Å². The van der Waals surface area contributed by atoms with E-state index in [4.69, 9.17) is 9.47 Å². The number of aromatic nitrogens is 2. The molecule has 1 N–H and O–H groups in total. The number of hydrogen-bond acceptors (Lipinski definition) is 7. The Morgan fingerprint density at radius 3 is 2.36 bits per heavy atom. The van der Waals surface area contributed by atoms with Crippen LogP contribution in [0.15, 0.2) is 54.6 Å².